The summed E-state index contributed by atoms with van der Waals surface area (Å²) >= 11 is 1.59. The van der Waals surface area contributed by atoms with Gasteiger partial charge in [-0.05, 0) is 37.1 Å². The van der Waals surface area contributed by atoms with Crippen molar-refractivity contribution in [3.63, 3.8) is 0 Å². The number of anilines is 1. The molecule has 148 valence electrons. The number of thiazole rings is 1. The van der Waals surface area contributed by atoms with Gasteiger partial charge in [0.1, 0.15) is 0 Å². The molecule has 0 aliphatic carbocycles. The first-order valence-electron chi connectivity index (χ1n) is 8.85. The van der Waals surface area contributed by atoms with E-state index in [2.05, 4.69) is 4.98 Å². The third kappa shape index (κ3) is 3.81. The van der Waals surface area contributed by atoms with E-state index in [0.29, 0.717) is 13.0 Å². The highest BCUT2D eigenvalue weighted by atomic mass is 32.1. The fourth-order valence-electron chi connectivity index (χ4n) is 3.25. The third-order valence-corrected chi connectivity index (χ3v) is 5.44. The Bertz CT molecular complexity index is 1110. The van der Waals surface area contributed by atoms with E-state index in [0.717, 1.165) is 45.7 Å². The van der Waals surface area contributed by atoms with E-state index in [9.17, 15) is 19.3 Å². The summed E-state index contributed by atoms with van der Waals surface area (Å²) < 4.78 is 19.2. The second kappa shape index (κ2) is 7.59. The smallest absolute Gasteiger partial charge is 0.272 e. The van der Waals surface area contributed by atoms with E-state index in [1.807, 2.05) is 30.5 Å². The molecule has 0 fully saturated rings. The van der Waals surface area contributed by atoms with Crippen LogP contribution in [0.4, 0.5) is 15.8 Å². The van der Waals surface area contributed by atoms with Crippen LogP contribution in [0.5, 0.6) is 5.75 Å². The minimum absolute atomic E-state index is 0.197. The van der Waals surface area contributed by atoms with E-state index in [1.165, 1.54) is 0 Å². The van der Waals surface area contributed by atoms with E-state index in [1.54, 1.807) is 16.2 Å². The van der Waals surface area contributed by atoms with E-state index < -0.39 is 10.7 Å². The normalized spacial score (nSPS) is 12.7. The van der Waals surface area contributed by atoms with Gasteiger partial charge in [0.2, 0.25) is 0 Å². The first-order chi connectivity index (χ1) is 13.9. The first-order valence-corrected chi connectivity index (χ1v) is 9.73. The summed E-state index contributed by atoms with van der Waals surface area (Å²) in [5.41, 5.74) is 3.39. The predicted molar refractivity (Wildman–Crippen MR) is 107 cm³/mol. The molecule has 3 aromatic rings. The van der Waals surface area contributed by atoms with Crippen LogP contribution in [0.25, 0.3) is 11.3 Å². The number of halogens is 1. The molecule has 2 aromatic carbocycles. The van der Waals surface area contributed by atoms with Gasteiger partial charge in [0.05, 0.1) is 21.7 Å². The topological polar surface area (TPSA) is 85.6 Å². The average Bonchev–Trinajstić information content (AvgIpc) is 3.32. The van der Waals surface area contributed by atoms with Crippen LogP contribution in [0.2, 0.25) is 0 Å². The Balaban J connectivity index is 1.45. The summed E-state index contributed by atoms with van der Waals surface area (Å²) in [6.07, 6.45) is 0.712. The highest BCUT2D eigenvalue weighted by Gasteiger charge is 2.26. The Kier molecular flexibility index (Phi) is 4.98. The molecular weight excluding hydrogens is 397 g/mol. The fourth-order valence-corrected chi connectivity index (χ4v) is 3.88. The van der Waals surface area contributed by atoms with Crippen molar-refractivity contribution in [1.29, 1.82) is 0 Å². The Morgan fingerprint density at radius 2 is 2.17 bits per heavy atom. The van der Waals surface area contributed by atoms with Crippen LogP contribution in [0.3, 0.4) is 0 Å². The van der Waals surface area contributed by atoms with E-state index in [-0.39, 0.29) is 24.0 Å². The van der Waals surface area contributed by atoms with Crippen molar-refractivity contribution in [3.8, 4) is 17.0 Å². The molecule has 7 nitrogen and oxygen atoms in total. The second-order valence-electron chi connectivity index (χ2n) is 6.55. The lowest BCUT2D eigenvalue weighted by Crippen LogP contribution is -2.33. The summed E-state index contributed by atoms with van der Waals surface area (Å²) in [6, 6.07) is 8.91. The molecule has 0 atom stereocenters. The molecule has 1 amide bonds. The largest absolute Gasteiger partial charge is 0.481 e. The standard InChI is InChI=1S/C20H16FN3O4S/c1-12-22-17(11-29-12)13-2-4-18-14(8-13)6-7-23(18)20(25)10-28-19-5-3-15(24(26)27)9-16(19)21/h2-5,8-9,11H,6-7,10H2,1H3. The molecule has 1 aromatic heterocycles. The SMILES string of the molecule is Cc1nc(-c2ccc3c(c2)CCN3C(=O)COc2ccc([N+](=O)[O-])cc2F)cs1. The number of fused-ring (bicyclic) bond motifs is 1. The Morgan fingerprint density at radius 1 is 1.34 bits per heavy atom. The predicted octanol–water partition coefficient (Wildman–Crippen LogP) is 4.13. The number of nitro benzene ring substituents is 1. The van der Waals surface area contributed by atoms with E-state index in [4.69, 9.17) is 4.74 Å². The van der Waals surface area contributed by atoms with Crippen molar-refractivity contribution in [3.05, 3.63) is 68.3 Å². The number of hydrogen-bond donors (Lipinski definition) is 0. The first kappa shape index (κ1) is 19.0. The number of nitro groups is 1. The van der Waals surface area contributed by atoms with Crippen LogP contribution in [0.15, 0.2) is 41.8 Å². The molecule has 4 rings (SSSR count). The molecule has 0 N–H and O–H groups in total. The number of rotatable bonds is 5. The minimum Gasteiger partial charge on any atom is -0.481 e. The fraction of sp³-hybridized carbons (Fsp3) is 0.200. The van der Waals surface area contributed by atoms with Crippen molar-refractivity contribution in [1.82, 2.24) is 4.98 Å². The number of ether oxygens (including phenoxy) is 1. The van der Waals surface area contributed by atoms with Gasteiger partial charge in [0.15, 0.2) is 18.2 Å². The highest BCUT2D eigenvalue weighted by Crippen LogP contribution is 2.33. The van der Waals surface area contributed by atoms with Gasteiger partial charge in [-0.25, -0.2) is 9.37 Å². The van der Waals surface area contributed by atoms with Gasteiger partial charge < -0.3 is 9.64 Å². The number of non-ortho nitro benzene ring substituents is 1. The molecule has 0 bridgehead atoms. The number of carbonyl (C=O) groups is 1. The van der Waals surface area contributed by atoms with Crippen LogP contribution in [-0.2, 0) is 11.2 Å². The minimum atomic E-state index is -0.878. The van der Waals surface area contributed by atoms with Gasteiger partial charge in [-0.1, -0.05) is 6.07 Å². The number of carbonyl (C=O) groups excluding carboxylic acids is 1. The van der Waals surface area contributed by atoms with Gasteiger partial charge >= 0.3 is 0 Å². The maximum absolute atomic E-state index is 13.9. The highest BCUT2D eigenvalue weighted by molar-refractivity contribution is 7.09. The monoisotopic (exact) mass is 413 g/mol. The molecule has 0 unspecified atom stereocenters. The Hall–Kier alpha value is -3.33. The van der Waals surface area contributed by atoms with E-state index >= 15 is 0 Å². The van der Waals surface area contributed by atoms with Crippen molar-refractivity contribution in [2.24, 2.45) is 0 Å². The number of benzene rings is 2. The van der Waals surface area contributed by atoms with Gasteiger partial charge in [-0.2, -0.15) is 0 Å². The quantitative estimate of drug-likeness (QED) is 0.464. The molecule has 1 aliphatic heterocycles. The summed E-state index contributed by atoms with van der Waals surface area (Å²) in [5, 5.41) is 13.7. The molecule has 0 saturated heterocycles. The number of aromatic nitrogens is 1. The number of hydrogen-bond acceptors (Lipinski definition) is 6. The molecule has 0 spiro atoms. The lowest BCUT2D eigenvalue weighted by atomic mass is 10.1. The van der Waals surface area contributed by atoms with Crippen LogP contribution in [0, 0.1) is 22.9 Å². The average molecular weight is 413 g/mol. The van der Waals surface area contributed by atoms with Crippen LogP contribution < -0.4 is 9.64 Å². The summed E-state index contributed by atoms with van der Waals surface area (Å²) in [5.74, 6) is -1.38. The number of aryl methyl sites for hydroxylation is 1. The van der Waals surface area contributed by atoms with Crippen LogP contribution in [0.1, 0.15) is 10.6 Å². The lowest BCUT2D eigenvalue weighted by molar-refractivity contribution is -0.385. The van der Waals surface area contributed by atoms with Gasteiger partial charge in [0.25, 0.3) is 11.6 Å². The van der Waals surface area contributed by atoms with Crippen molar-refractivity contribution in [2.75, 3.05) is 18.1 Å². The van der Waals surface area contributed by atoms with Gasteiger partial charge in [-0.15, -0.1) is 11.3 Å². The Labute approximate surface area is 169 Å². The van der Waals surface area contributed by atoms with Gasteiger partial charge in [0, 0.05) is 29.2 Å². The van der Waals surface area contributed by atoms with Crippen molar-refractivity contribution in [2.45, 2.75) is 13.3 Å². The molecule has 9 heteroatoms. The zero-order valence-corrected chi connectivity index (χ0v) is 16.2. The van der Waals surface area contributed by atoms with Gasteiger partial charge in [-0.3, -0.25) is 14.9 Å². The lowest BCUT2D eigenvalue weighted by Gasteiger charge is -2.18. The van der Waals surface area contributed by atoms with Crippen molar-refractivity contribution < 1.29 is 18.8 Å². The summed E-state index contributed by atoms with van der Waals surface area (Å²) in [4.78, 5) is 28.7. The second-order valence-corrected chi connectivity index (χ2v) is 7.61. The van der Waals surface area contributed by atoms with Crippen LogP contribution in [-0.4, -0.2) is 29.0 Å². The zero-order valence-electron chi connectivity index (χ0n) is 15.4. The molecule has 2 heterocycles. The molecule has 0 saturated carbocycles. The van der Waals surface area contributed by atoms with Crippen molar-refractivity contribution >= 4 is 28.6 Å². The Morgan fingerprint density at radius 3 is 2.86 bits per heavy atom. The maximum Gasteiger partial charge on any atom is 0.272 e. The number of nitrogens with zero attached hydrogens (tertiary/aromatic N) is 3. The zero-order chi connectivity index (χ0) is 20.5. The molecule has 1 aliphatic rings. The molecule has 0 radical (unpaired) electrons. The van der Waals surface area contributed by atoms with Crippen LogP contribution >= 0.6 is 11.3 Å². The maximum atomic E-state index is 13.9. The summed E-state index contributed by atoms with van der Waals surface area (Å²) in [6.45, 7) is 2.11. The molecule has 29 heavy (non-hydrogen) atoms. The summed E-state index contributed by atoms with van der Waals surface area (Å²) in [7, 11) is 0. The molecular formula is C20H16FN3O4S. The number of amides is 1. The third-order valence-electron chi connectivity index (χ3n) is 4.67.